The second-order valence-corrected chi connectivity index (χ2v) is 9.70. The summed E-state index contributed by atoms with van der Waals surface area (Å²) < 4.78 is 33.8. The summed E-state index contributed by atoms with van der Waals surface area (Å²) in [6.45, 7) is 3.09. The van der Waals surface area contributed by atoms with Crippen molar-refractivity contribution in [1.29, 1.82) is 0 Å². The maximum absolute atomic E-state index is 13.2. The molecule has 6 nitrogen and oxygen atoms in total. The average molecular weight is 469 g/mol. The molecule has 170 valence electrons. The van der Waals surface area contributed by atoms with Gasteiger partial charge in [-0.2, -0.15) is 0 Å². The molecule has 3 rings (SSSR count). The van der Waals surface area contributed by atoms with Gasteiger partial charge in [-0.1, -0.05) is 18.6 Å². The first-order valence-corrected chi connectivity index (χ1v) is 12.8. The molecule has 0 radical (unpaired) electrons. The summed E-state index contributed by atoms with van der Waals surface area (Å²) in [5.74, 6) is 0.839. The van der Waals surface area contributed by atoms with Crippen molar-refractivity contribution in [1.82, 2.24) is 10.3 Å². The number of hydrogen-bond donors (Lipinski definition) is 2. The van der Waals surface area contributed by atoms with Gasteiger partial charge in [-0.3, -0.25) is 9.55 Å². The van der Waals surface area contributed by atoms with Gasteiger partial charge in [0.1, 0.15) is 5.82 Å². The number of nitrogens with zero attached hydrogens (tertiary/aromatic N) is 1. The lowest BCUT2D eigenvalue weighted by Crippen LogP contribution is -2.46. The molecule has 1 aliphatic rings. The molecular formula is C22H30FN2O4PS. The molecule has 2 aromatic rings. The van der Waals surface area contributed by atoms with Crippen LogP contribution >= 0.6 is 20.0 Å². The minimum Gasteiger partial charge on any atom is -0.379 e. The van der Waals surface area contributed by atoms with Gasteiger partial charge in [0.2, 0.25) is 0 Å². The average Bonchev–Trinajstić information content (AvgIpc) is 2.73. The van der Waals surface area contributed by atoms with E-state index in [2.05, 4.69) is 20.9 Å². The zero-order valence-electron chi connectivity index (χ0n) is 17.5. The largest absolute Gasteiger partial charge is 0.379 e. The van der Waals surface area contributed by atoms with Crippen LogP contribution in [-0.2, 0) is 25.8 Å². The van der Waals surface area contributed by atoms with Crippen LogP contribution in [0.5, 0.6) is 0 Å². The molecule has 31 heavy (non-hydrogen) atoms. The maximum Gasteiger partial charge on any atom is 0.316 e. The van der Waals surface area contributed by atoms with Crippen LogP contribution in [0.2, 0.25) is 0 Å². The lowest BCUT2D eigenvalue weighted by atomic mass is 9.75. The Labute approximate surface area is 187 Å². The van der Waals surface area contributed by atoms with Crippen molar-refractivity contribution in [3.05, 3.63) is 59.7 Å². The highest BCUT2D eigenvalue weighted by atomic mass is 32.2. The van der Waals surface area contributed by atoms with Crippen LogP contribution in [0.25, 0.3) is 0 Å². The maximum atomic E-state index is 13.2. The number of pyridine rings is 1. The molecule has 1 aliphatic heterocycles. The fraction of sp³-hybridized carbons (Fsp3) is 0.500. The molecule has 1 atom stereocenters. The van der Waals surface area contributed by atoms with Crippen molar-refractivity contribution in [2.24, 2.45) is 0 Å². The molecule has 1 saturated heterocycles. The highest BCUT2D eigenvalue weighted by Gasteiger charge is 2.39. The lowest BCUT2D eigenvalue weighted by molar-refractivity contribution is -0.0652. The summed E-state index contributed by atoms with van der Waals surface area (Å²) in [5.41, 5.74) is 2.20. The van der Waals surface area contributed by atoms with Crippen LogP contribution in [0.1, 0.15) is 36.9 Å². The Balaban J connectivity index is 1.30. The van der Waals surface area contributed by atoms with Crippen LogP contribution in [0.15, 0.2) is 47.5 Å². The van der Waals surface area contributed by atoms with Crippen molar-refractivity contribution in [3.63, 3.8) is 0 Å². The Morgan fingerprint density at radius 3 is 2.65 bits per heavy atom. The third-order valence-electron chi connectivity index (χ3n) is 5.36. The number of thioether (sulfide) groups is 1. The molecule has 0 saturated carbocycles. The second kappa shape index (κ2) is 12.7. The van der Waals surface area contributed by atoms with Gasteiger partial charge in [0.15, 0.2) is 0 Å². The smallest absolute Gasteiger partial charge is 0.316 e. The van der Waals surface area contributed by atoms with Gasteiger partial charge in [-0.25, -0.2) is 4.39 Å². The first-order chi connectivity index (χ1) is 15.1. The lowest BCUT2D eigenvalue weighted by Gasteiger charge is -2.42. The molecule has 1 fully saturated rings. The van der Waals surface area contributed by atoms with Gasteiger partial charge in [0.25, 0.3) is 0 Å². The number of benzene rings is 1. The highest BCUT2D eigenvalue weighted by Crippen LogP contribution is 2.37. The zero-order chi connectivity index (χ0) is 21.9. The Morgan fingerprint density at radius 1 is 1.19 bits per heavy atom. The van der Waals surface area contributed by atoms with Gasteiger partial charge >= 0.3 is 8.25 Å². The van der Waals surface area contributed by atoms with Crippen LogP contribution in [-0.4, -0.2) is 42.0 Å². The summed E-state index contributed by atoms with van der Waals surface area (Å²) in [6, 6.07) is 11.0. The summed E-state index contributed by atoms with van der Waals surface area (Å²) >= 11 is 1.81. The van der Waals surface area contributed by atoms with E-state index in [0.29, 0.717) is 19.5 Å². The minimum absolute atomic E-state index is 0.0525. The topological polar surface area (TPSA) is 80.7 Å². The zero-order valence-corrected chi connectivity index (χ0v) is 19.3. The predicted octanol–water partition coefficient (Wildman–Crippen LogP) is 4.33. The molecule has 2 heterocycles. The summed E-state index contributed by atoms with van der Waals surface area (Å²) in [4.78, 5) is 14.2. The third kappa shape index (κ3) is 7.97. The van der Waals surface area contributed by atoms with E-state index < -0.39 is 8.25 Å². The molecule has 0 bridgehead atoms. The van der Waals surface area contributed by atoms with Crippen molar-refractivity contribution >= 4 is 20.0 Å². The van der Waals surface area contributed by atoms with E-state index >= 15 is 0 Å². The Hall–Kier alpha value is -1.28. The van der Waals surface area contributed by atoms with E-state index in [1.54, 1.807) is 0 Å². The van der Waals surface area contributed by atoms with E-state index in [1.807, 2.05) is 36.2 Å². The number of rotatable bonds is 14. The third-order valence-corrected chi connectivity index (χ3v) is 6.88. The first kappa shape index (κ1) is 24.4. The quantitative estimate of drug-likeness (QED) is 0.243. The van der Waals surface area contributed by atoms with E-state index in [-0.39, 0.29) is 17.8 Å². The van der Waals surface area contributed by atoms with Gasteiger partial charge in [0, 0.05) is 23.1 Å². The van der Waals surface area contributed by atoms with Gasteiger partial charge in [-0.15, -0.1) is 11.8 Å². The number of ether oxygens (including phenoxy) is 1. The number of hydrogen-bond acceptors (Lipinski definition) is 6. The fourth-order valence-corrected chi connectivity index (χ4v) is 4.73. The molecular weight excluding hydrogens is 438 g/mol. The second-order valence-electron chi connectivity index (χ2n) is 7.72. The van der Waals surface area contributed by atoms with Gasteiger partial charge in [-0.05, 0) is 61.4 Å². The van der Waals surface area contributed by atoms with Crippen LogP contribution in [0.3, 0.4) is 0 Å². The monoisotopic (exact) mass is 468 g/mol. The summed E-state index contributed by atoms with van der Waals surface area (Å²) in [7, 11) is -2.82. The molecule has 1 unspecified atom stereocenters. The Bertz CT molecular complexity index is 819. The predicted molar refractivity (Wildman–Crippen MR) is 121 cm³/mol. The van der Waals surface area contributed by atoms with E-state index in [9.17, 15) is 8.96 Å². The fourth-order valence-electron chi connectivity index (χ4n) is 3.54. The van der Waals surface area contributed by atoms with Crippen molar-refractivity contribution in [2.45, 2.75) is 42.5 Å². The van der Waals surface area contributed by atoms with Crippen LogP contribution in [0.4, 0.5) is 4.39 Å². The molecule has 0 aliphatic carbocycles. The van der Waals surface area contributed by atoms with Crippen molar-refractivity contribution in [2.75, 3.05) is 32.1 Å². The molecule has 9 heteroatoms. The standard InChI is InChI=1S/C22H30FN2O4PS/c23-19-6-4-18(5-7-19)22(16-28-17-22)10-1-2-13-31-21-9-8-20(25-15-21)14-24-11-3-12-29-30(26)27/h4-9,15,24,30H,1-3,10-14,16-17H2,(H,26,27). The molecule has 0 amide bonds. The number of unbranched alkanes of at least 4 members (excludes halogenated alkanes) is 1. The molecule has 1 aromatic heterocycles. The van der Waals surface area contributed by atoms with Crippen molar-refractivity contribution in [3.8, 4) is 0 Å². The van der Waals surface area contributed by atoms with Gasteiger partial charge in [0.05, 0.1) is 25.5 Å². The van der Waals surface area contributed by atoms with E-state index in [1.165, 1.54) is 17.7 Å². The summed E-state index contributed by atoms with van der Waals surface area (Å²) in [6.07, 6.45) is 5.86. The van der Waals surface area contributed by atoms with Crippen LogP contribution in [0, 0.1) is 5.82 Å². The molecule has 0 spiro atoms. The SMILES string of the molecule is O=[PH](O)OCCCNCc1ccc(SCCCCC2(c3ccc(F)cc3)COC2)cn1. The number of halogens is 1. The minimum atomic E-state index is -2.82. The molecule has 2 N–H and O–H groups in total. The molecule has 1 aromatic carbocycles. The van der Waals surface area contributed by atoms with Crippen molar-refractivity contribution < 1.29 is 23.1 Å². The number of nitrogens with one attached hydrogen (secondary N) is 1. The summed E-state index contributed by atoms with van der Waals surface area (Å²) in [5, 5.41) is 3.24. The van der Waals surface area contributed by atoms with E-state index in [0.717, 1.165) is 48.8 Å². The normalized spacial score (nSPS) is 16.1. The Kier molecular flexibility index (Phi) is 9.96. The van der Waals surface area contributed by atoms with E-state index in [4.69, 9.17) is 9.63 Å². The first-order valence-electron chi connectivity index (χ1n) is 10.6. The highest BCUT2D eigenvalue weighted by molar-refractivity contribution is 7.99. The number of aromatic nitrogens is 1. The Morgan fingerprint density at radius 2 is 2.00 bits per heavy atom. The van der Waals surface area contributed by atoms with Crippen LogP contribution < -0.4 is 5.32 Å². The van der Waals surface area contributed by atoms with Gasteiger partial charge < -0.3 is 19.5 Å².